The Kier molecular flexibility index (Phi) is 7.67. The van der Waals surface area contributed by atoms with Crippen LogP contribution >= 0.6 is 0 Å². The number of benzene rings is 4. The van der Waals surface area contributed by atoms with Gasteiger partial charge in [0.05, 0.1) is 25.5 Å². The van der Waals surface area contributed by atoms with Gasteiger partial charge in [-0.1, -0.05) is 96.6 Å². The molecule has 0 aliphatic carbocycles. The van der Waals surface area contributed by atoms with E-state index in [9.17, 15) is 0 Å². The largest absolute Gasteiger partial charge is 0.440 e. The van der Waals surface area contributed by atoms with Crippen LogP contribution in [-0.4, -0.2) is 0 Å². The number of rotatable bonds is 9. The van der Waals surface area contributed by atoms with Gasteiger partial charge in [0, 0.05) is 10.9 Å². The summed E-state index contributed by atoms with van der Waals surface area (Å²) < 4.78 is 18.7. The quantitative estimate of drug-likeness (QED) is 0.223. The molecule has 1 aromatic heterocycles. The van der Waals surface area contributed by atoms with E-state index in [1.165, 1.54) is 5.56 Å². The van der Waals surface area contributed by atoms with E-state index < -0.39 is 0 Å². The zero-order valence-corrected chi connectivity index (χ0v) is 20.4. The van der Waals surface area contributed by atoms with Crippen molar-refractivity contribution < 1.29 is 13.9 Å². The van der Waals surface area contributed by atoms with Crippen LogP contribution in [0.4, 0.5) is 5.69 Å². The lowest BCUT2D eigenvalue weighted by Gasteiger charge is -2.14. The predicted molar refractivity (Wildman–Crippen MR) is 142 cm³/mol. The first kappa shape index (κ1) is 23.7. The first-order chi connectivity index (χ1) is 17.8. The second kappa shape index (κ2) is 11.6. The average molecular weight is 476 g/mol. The van der Waals surface area contributed by atoms with Crippen molar-refractivity contribution in [2.45, 2.75) is 33.4 Å². The molecule has 5 aromatic rings. The molecule has 0 saturated heterocycles. The summed E-state index contributed by atoms with van der Waals surface area (Å²) in [6, 6.07) is 36.6. The Morgan fingerprint density at radius 1 is 0.583 bits per heavy atom. The number of aryl methyl sites for hydroxylation is 1. The van der Waals surface area contributed by atoms with Crippen molar-refractivity contribution in [3.8, 4) is 0 Å². The highest BCUT2D eigenvalue weighted by atomic mass is 16.5. The van der Waals surface area contributed by atoms with Crippen molar-refractivity contribution in [3.63, 3.8) is 0 Å². The number of hydrogen-bond acceptors (Lipinski definition) is 4. The molecule has 0 N–H and O–H groups in total. The van der Waals surface area contributed by atoms with Gasteiger partial charge in [-0.15, -0.1) is 0 Å². The van der Waals surface area contributed by atoms with E-state index in [1.54, 1.807) is 0 Å². The van der Waals surface area contributed by atoms with Gasteiger partial charge in [0.15, 0.2) is 0 Å². The van der Waals surface area contributed by atoms with Gasteiger partial charge in [-0.25, -0.2) is 4.99 Å². The average Bonchev–Trinajstić information content (AvgIpc) is 2.92. The summed E-state index contributed by atoms with van der Waals surface area (Å²) in [4.78, 5) is 4.84. The van der Waals surface area contributed by atoms with E-state index >= 15 is 0 Å². The van der Waals surface area contributed by atoms with Gasteiger partial charge in [-0.05, 0) is 41.6 Å². The Morgan fingerprint density at radius 2 is 1.14 bits per heavy atom. The fourth-order valence-electron chi connectivity index (χ4n) is 4.09. The third-order valence-corrected chi connectivity index (χ3v) is 6.01. The highest BCUT2D eigenvalue weighted by molar-refractivity contribution is 5.84. The van der Waals surface area contributed by atoms with Crippen molar-refractivity contribution in [2.75, 3.05) is 0 Å². The molecular weight excluding hydrogens is 446 g/mol. The molecule has 0 spiro atoms. The molecule has 4 heteroatoms. The number of ether oxygens (including phenoxy) is 2. The minimum Gasteiger partial charge on any atom is -0.440 e. The lowest BCUT2D eigenvalue weighted by molar-refractivity contribution is 0.0795. The van der Waals surface area contributed by atoms with Gasteiger partial charge in [-0.2, -0.15) is 0 Å². The van der Waals surface area contributed by atoms with E-state index in [4.69, 9.17) is 18.9 Å². The van der Waals surface area contributed by atoms with Crippen molar-refractivity contribution in [1.82, 2.24) is 0 Å². The maximum absolute atomic E-state index is 6.43. The van der Waals surface area contributed by atoms with Crippen LogP contribution in [0.2, 0.25) is 0 Å². The van der Waals surface area contributed by atoms with Crippen LogP contribution in [0.5, 0.6) is 0 Å². The third-order valence-electron chi connectivity index (χ3n) is 6.01. The summed E-state index contributed by atoms with van der Waals surface area (Å²) >= 11 is 0. The second-order valence-electron chi connectivity index (χ2n) is 8.76. The van der Waals surface area contributed by atoms with E-state index in [0.717, 1.165) is 38.9 Å². The molecule has 0 bridgehead atoms. The van der Waals surface area contributed by atoms with Crippen LogP contribution in [0.15, 0.2) is 119 Å². The summed E-state index contributed by atoms with van der Waals surface area (Å²) in [6.07, 6.45) is 0. The molecule has 4 nitrogen and oxygen atoms in total. The smallest absolute Gasteiger partial charge is 0.227 e. The monoisotopic (exact) mass is 475 g/mol. The number of fused-ring (bicyclic) bond motifs is 1. The Bertz CT molecular complexity index is 1470. The van der Waals surface area contributed by atoms with Gasteiger partial charge in [0.2, 0.25) is 5.55 Å². The van der Waals surface area contributed by atoms with Crippen molar-refractivity contribution in [2.24, 2.45) is 4.99 Å². The van der Waals surface area contributed by atoms with Crippen molar-refractivity contribution in [3.05, 3.63) is 143 Å². The van der Waals surface area contributed by atoms with Gasteiger partial charge in [0.1, 0.15) is 12.4 Å². The molecule has 0 fully saturated rings. The molecule has 0 saturated carbocycles. The Balaban J connectivity index is 1.50. The minimum absolute atomic E-state index is 0.320. The molecule has 0 radical (unpaired) electrons. The van der Waals surface area contributed by atoms with Crippen molar-refractivity contribution >= 4 is 16.5 Å². The maximum Gasteiger partial charge on any atom is 0.227 e. The van der Waals surface area contributed by atoms with Gasteiger partial charge < -0.3 is 13.9 Å². The van der Waals surface area contributed by atoms with Crippen molar-refractivity contribution in [1.29, 1.82) is 0 Å². The van der Waals surface area contributed by atoms with E-state index in [2.05, 4.69) is 49.4 Å². The molecule has 0 amide bonds. The Morgan fingerprint density at radius 3 is 1.78 bits per heavy atom. The Hall–Kier alpha value is -3.99. The fraction of sp³-hybridized carbons (Fsp3) is 0.156. The molecule has 1 heterocycles. The molecule has 4 aromatic carbocycles. The fourth-order valence-corrected chi connectivity index (χ4v) is 4.09. The minimum atomic E-state index is 0.320. The topological polar surface area (TPSA) is 44.0 Å². The van der Waals surface area contributed by atoms with Crippen LogP contribution in [-0.2, 0) is 35.9 Å². The molecule has 180 valence electrons. The molecule has 0 aliphatic heterocycles. The highest BCUT2D eigenvalue weighted by Crippen LogP contribution is 2.23. The van der Waals surface area contributed by atoms with Gasteiger partial charge >= 0.3 is 0 Å². The van der Waals surface area contributed by atoms with Crippen LogP contribution in [0.3, 0.4) is 0 Å². The summed E-state index contributed by atoms with van der Waals surface area (Å²) in [7, 11) is 0. The van der Waals surface area contributed by atoms with Crippen LogP contribution in [0.1, 0.15) is 28.0 Å². The standard InChI is InChI=1S/C32H29NO3/c1-24-16-18-27(19-17-24)33-32-29-15-9-8-14-28(29)30(22-34-20-25-10-4-2-5-11-25)31(36-32)23-35-21-26-12-6-3-7-13-26/h2-19H,20-23H2,1H3. The second-order valence-corrected chi connectivity index (χ2v) is 8.76. The zero-order chi connectivity index (χ0) is 24.6. The number of hydrogen-bond donors (Lipinski definition) is 0. The Labute approximate surface area is 211 Å². The SMILES string of the molecule is Cc1ccc(N=c2oc(COCc3ccccc3)c(COCc3ccccc3)c3ccccc23)cc1. The van der Waals surface area contributed by atoms with Crippen LogP contribution < -0.4 is 5.55 Å². The van der Waals surface area contributed by atoms with Crippen LogP contribution in [0.25, 0.3) is 10.8 Å². The maximum atomic E-state index is 6.43. The summed E-state index contributed by atoms with van der Waals surface area (Å²) in [5, 5.41) is 2.00. The first-order valence-electron chi connectivity index (χ1n) is 12.1. The zero-order valence-electron chi connectivity index (χ0n) is 20.4. The summed E-state index contributed by atoms with van der Waals surface area (Å²) in [6.45, 7) is 3.82. The van der Waals surface area contributed by atoms with E-state index in [-0.39, 0.29) is 0 Å². The van der Waals surface area contributed by atoms with E-state index in [1.807, 2.05) is 66.7 Å². The normalized spacial score (nSPS) is 11.8. The lowest BCUT2D eigenvalue weighted by Crippen LogP contribution is -2.11. The van der Waals surface area contributed by atoms with Gasteiger partial charge in [0.25, 0.3) is 0 Å². The third kappa shape index (κ3) is 5.98. The highest BCUT2D eigenvalue weighted by Gasteiger charge is 2.14. The molecule has 0 unspecified atom stereocenters. The molecule has 5 rings (SSSR count). The molecule has 0 aliphatic rings. The molecule has 36 heavy (non-hydrogen) atoms. The summed E-state index contributed by atoms with van der Waals surface area (Å²) in [5.74, 6) is 0.726. The predicted octanol–water partition coefficient (Wildman–Crippen LogP) is 7.41. The van der Waals surface area contributed by atoms with Crippen LogP contribution in [0, 0.1) is 6.92 Å². The molecule has 0 atom stereocenters. The molecular formula is C32H29NO3. The first-order valence-corrected chi connectivity index (χ1v) is 12.1. The number of nitrogens with zero attached hydrogens (tertiary/aromatic N) is 1. The summed E-state index contributed by atoms with van der Waals surface area (Å²) in [5.41, 5.74) is 5.84. The van der Waals surface area contributed by atoms with E-state index in [0.29, 0.717) is 32.0 Å². The lowest BCUT2D eigenvalue weighted by atomic mass is 10.1. The van der Waals surface area contributed by atoms with Gasteiger partial charge in [-0.3, -0.25) is 0 Å².